The minimum absolute atomic E-state index is 0.0218. The Hall–Kier alpha value is -2.88. The van der Waals surface area contributed by atoms with Gasteiger partial charge in [-0.05, 0) is 47.8 Å². The number of thiophene rings is 1. The van der Waals surface area contributed by atoms with E-state index in [0.29, 0.717) is 27.4 Å². The molecule has 4 aromatic rings. The number of amides is 2. The third-order valence-corrected chi connectivity index (χ3v) is 6.13. The molecule has 0 radical (unpaired) electrons. The second kappa shape index (κ2) is 9.29. The van der Waals surface area contributed by atoms with E-state index in [2.05, 4.69) is 15.5 Å². The molecule has 152 valence electrons. The molecule has 1 N–H and O–H groups in total. The molecule has 0 aliphatic carbocycles. The molecular weight excluding hydrogens is 444 g/mol. The van der Waals surface area contributed by atoms with Crippen LogP contribution < -0.4 is 5.32 Å². The minimum atomic E-state index is -0.408. The average molecular weight is 459 g/mol. The van der Waals surface area contributed by atoms with Crippen molar-refractivity contribution >= 4 is 46.5 Å². The summed E-state index contributed by atoms with van der Waals surface area (Å²) >= 11 is 8.46. The predicted octanol–water partition coefficient (Wildman–Crippen LogP) is 4.35. The van der Waals surface area contributed by atoms with Crippen molar-refractivity contribution in [3.05, 3.63) is 75.8 Å². The summed E-state index contributed by atoms with van der Waals surface area (Å²) in [5, 5.41) is 13.8. The molecule has 2 amide bonds. The third-order valence-electron chi connectivity index (χ3n) is 4.04. The zero-order valence-corrected chi connectivity index (χ0v) is 17.8. The molecule has 30 heavy (non-hydrogen) atoms. The second-order valence-corrected chi connectivity index (χ2v) is 8.45. The monoisotopic (exact) mass is 458 g/mol. The summed E-state index contributed by atoms with van der Waals surface area (Å²) < 4.78 is 7.32. The number of benzene rings is 1. The van der Waals surface area contributed by atoms with Crippen molar-refractivity contribution in [2.45, 2.75) is 11.7 Å². The number of nitrogens with one attached hydrogen (secondary N) is 1. The summed E-state index contributed by atoms with van der Waals surface area (Å²) in [6.07, 6.45) is 1.60. The summed E-state index contributed by atoms with van der Waals surface area (Å²) in [7, 11) is 0. The number of nitrogens with zero attached hydrogens (tertiary/aromatic N) is 3. The largest absolute Gasteiger partial charge is 0.467 e. The molecule has 0 unspecified atom stereocenters. The van der Waals surface area contributed by atoms with Crippen LogP contribution in [0.4, 0.5) is 0 Å². The van der Waals surface area contributed by atoms with Gasteiger partial charge in [-0.2, -0.15) is 0 Å². The highest BCUT2D eigenvalue weighted by Gasteiger charge is 2.18. The van der Waals surface area contributed by atoms with E-state index in [1.807, 2.05) is 22.8 Å². The lowest BCUT2D eigenvalue weighted by Crippen LogP contribution is -2.31. The number of carbonyl (C=O) groups is 2. The average Bonchev–Trinajstić information content (AvgIpc) is 3.50. The van der Waals surface area contributed by atoms with Crippen molar-refractivity contribution in [2.24, 2.45) is 0 Å². The van der Waals surface area contributed by atoms with Gasteiger partial charge in [0.25, 0.3) is 5.91 Å². The maximum Gasteiger partial charge on any atom is 0.267 e. The molecule has 7 nitrogen and oxygen atoms in total. The fourth-order valence-corrected chi connectivity index (χ4v) is 4.15. The standard InChI is InChI=1S/C20H15ClN4O3S2/c21-14-7-5-13(6-8-14)18-23-24-20(25(18)11-15-3-1-9-28-15)30-12-17(26)22-19(27)16-4-2-10-29-16/h1-10H,11-12H2,(H,22,26,27). The molecule has 0 aliphatic heterocycles. The summed E-state index contributed by atoms with van der Waals surface area (Å²) in [5.74, 6) is 0.562. The number of imide groups is 1. The van der Waals surface area contributed by atoms with Crippen molar-refractivity contribution in [1.29, 1.82) is 0 Å². The van der Waals surface area contributed by atoms with Gasteiger partial charge in [-0.25, -0.2) is 0 Å². The first-order valence-electron chi connectivity index (χ1n) is 8.82. The molecule has 0 saturated carbocycles. The van der Waals surface area contributed by atoms with E-state index >= 15 is 0 Å². The Kier molecular flexibility index (Phi) is 6.32. The third kappa shape index (κ3) is 4.81. The molecule has 0 fully saturated rings. The summed E-state index contributed by atoms with van der Waals surface area (Å²) in [6.45, 7) is 0.399. The van der Waals surface area contributed by atoms with Crippen molar-refractivity contribution in [1.82, 2.24) is 20.1 Å². The van der Waals surface area contributed by atoms with Crippen LogP contribution in [-0.4, -0.2) is 32.3 Å². The Bertz CT molecular complexity index is 1140. The van der Waals surface area contributed by atoms with Crippen molar-refractivity contribution in [3.63, 3.8) is 0 Å². The summed E-state index contributed by atoms with van der Waals surface area (Å²) in [6, 6.07) is 14.3. The predicted molar refractivity (Wildman–Crippen MR) is 116 cm³/mol. The maximum atomic E-state index is 12.2. The summed E-state index contributed by atoms with van der Waals surface area (Å²) in [4.78, 5) is 24.7. The van der Waals surface area contributed by atoms with Crippen LogP contribution in [-0.2, 0) is 11.3 Å². The molecule has 10 heteroatoms. The van der Waals surface area contributed by atoms with Gasteiger partial charge >= 0.3 is 0 Å². The SMILES string of the molecule is O=C(CSc1nnc(-c2ccc(Cl)cc2)n1Cc1ccco1)NC(=O)c1cccs1. The first-order chi connectivity index (χ1) is 14.6. The fourth-order valence-electron chi connectivity index (χ4n) is 2.67. The number of hydrogen-bond donors (Lipinski definition) is 1. The van der Waals surface area contributed by atoms with E-state index in [0.717, 1.165) is 11.3 Å². The highest BCUT2D eigenvalue weighted by atomic mass is 35.5. The molecule has 1 aromatic carbocycles. The Morgan fingerprint density at radius 2 is 1.97 bits per heavy atom. The minimum Gasteiger partial charge on any atom is -0.467 e. The van der Waals surface area contributed by atoms with Crippen LogP contribution in [0.3, 0.4) is 0 Å². The van der Waals surface area contributed by atoms with Crippen LogP contribution in [0.5, 0.6) is 0 Å². The number of halogens is 1. The lowest BCUT2D eigenvalue weighted by molar-refractivity contribution is -0.117. The van der Waals surface area contributed by atoms with Gasteiger partial charge in [0.1, 0.15) is 5.76 Å². The van der Waals surface area contributed by atoms with E-state index in [1.54, 1.807) is 42.0 Å². The highest BCUT2D eigenvalue weighted by molar-refractivity contribution is 7.99. The lowest BCUT2D eigenvalue weighted by Gasteiger charge is -2.09. The van der Waals surface area contributed by atoms with E-state index in [4.69, 9.17) is 16.0 Å². The van der Waals surface area contributed by atoms with Crippen molar-refractivity contribution in [3.8, 4) is 11.4 Å². The second-order valence-electron chi connectivity index (χ2n) is 6.12. The van der Waals surface area contributed by atoms with Crippen LogP contribution >= 0.6 is 34.7 Å². The number of hydrogen-bond acceptors (Lipinski definition) is 7. The van der Waals surface area contributed by atoms with Crippen LogP contribution in [0.25, 0.3) is 11.4 Å². The normalized spacial score (nSPS) is 10.8. The Labute approximate surface area is 185 Å². The molecule has 0 spiro atoms. The molecular formula is C20H15ClN4O3S2. The first kappa shape index (κ1) is 20.4. The topological polar surface area (TPSA) is 90.0 Å². The van der Waals surface area contributed by atoms with Gasteiger partial charge in [0.2, 0.25) is 5.91 Å². The number of thioether (sulfide) groups is 1. The van der Waals surface area contributed by atoms with Gasteiger partial charge in [0.15, 0.2) is 11.0 Å². The Morgan fingerprint density at radius 3 is 2.67 bits per heavy atom. The number of aromatic nitrogens is 3. The highest BCUT2D eigenvalue weighted by Crippen LogP contribution is 2.26. The Balaban J connectivity index is 1.51. The molecule has 4 rings (SSSR count). The van der Waals surface area contributed by atoms with Gasteiger partial charge in [0, 0.05) is 10.6 Å². The van der Waals surface area contributed by atoms with Crippen LogP contribution in [0.1, 0.15) is 15.4 Å². The van der Waals surface area contributed by atoms with Crippen molar-refractivity contribution < 1.29 is 14.0 Å². The zero-order valence-electron chi connectivity index (χ0n) is 15.4. The lowest BCUT2D eigenvalue weighted by atomic mass is 10.2. The van der Waals surface area contributed by atoms with Crippen LogP contribution in [0.2, 0.25) is 5.02 Å². The molecule has 3 heterocycles. The fraction of sp³-hybridized carbons (Fsp3) is 0.100. The Morgan fingerprint density at radius 1 is 1.13 bits per heavy atom. The number of furan rings is 1. The molecule has 0 atom stereocenters. The zero-order chi connectivity index (χ0) is 20.9. The van der Waals surface area contributed by atoms with Gasteiger partial charge in [0.05, 0.1) is 23.4 Å². The van der Waals surface area contributed by atoms with Gasteiger partial charge in [-0.1, -0.05) is 29.4 Å². The van der Waals surface area contributed by atoms with Gasteiger partial charge in [-0.3, -0.25) is 19.5 Å². The van der Waals surface area contributed by atoms with E-state index < -0.39 is 11.8 Å². The van der Waals surface area contributed by atoms with Crippen molar-refractivity contribution in [2.75, 3.05) is 5.75 Å². The number of rotatable bonds is 7. The van der Waals surface area contributed by atoms with E-state index in [9.17, 15) is 9.59 Å². The number of carbonyl (C=O) groups excluding carboxylic acids is 2. The van der Waals surface area contributed by atoms with Gasteiger partial charge in [-0.15, -0.1) is 21.5 Å². The molecule has 0 saturated heterocycles. The van der Waals surface area contributed by atoms with E-state index in [1.165, 1.54) is 23.1 Å². The van der Waals surface area contributed by atoms with Gasteiger partial charge < -0.3 is 4.42 Å². The smallest absolute Gasteiger partial charge is 0.267 e. The van der Waals surface area contributed by atoms with Crippen LogP contribution in [0.15, 0.2) is 69.7 Å². The first-order valence-corrected chi connectivity index (χ1v) is 11.1. The quantitative estimate of drug-likeness (QED) is 0.414. The van der Waals surface area contributed by atoms with Crippen LogP contribution in [0, 0.1) is 0 Å². The molecule has 3 aromatic heterocycles. The molecule has 0 bridgehead atoms. The maximum absolute atomic E-state index is 12.2. The molecule has 0 aliphatic rings. The summed E-state index contributed by atoms with van der Waals surface area (Å²) in [5.41, 5.74) is 0.836. The van der Waals surface area contributed by atoms with E-state index in [-0.39, 0.29) is 5.75 Å².